The van der Waals surface area contributed by atoms with Crippen LogP contribution >= 0.6 is 0 Å². The molecule has 0 atom stereocenters. The molecule has 0 aliphatic heterocycles. The van der Waals surface area contributed by atoms with Crippen molar-refractivity contribution in [2.45, 2.75) is 13.8 Å². The van der Waals surface area contributed by atoms with Gasteiger partial charge in [-0.3, -0.25) is 0 Å². The standard InChI is InChI=1S/C22H19NO2/c1-14-9-11-16(12-10-14)23-13-19-20(15(23)2)17-7-5-4-6-8-18(17)21(19)22(24)25-3/h4-13H,1-3H3. The largest absolute Gasteiger partial charge is 0.465 e. The molecule has 1 heterocycles. The van der Waals surface area contributed by atoms with Crippen molar-refractivity contribution in [2.24, 2.45) is 0 Å². The van der Waals surface area contributed by atoms with E-state index in [2.05, 4.69) is 48.7 Å². The smallest absolute Gasteiger partial charge is 0.339 e. The fourth-order valence-electron chi connectivity index (χ4n) is 3.56. The van der Waals surface area contributed by atoms with E-state index in [0.717, 1.165) is 33.3 Å². The lowest BCUT2D eigenvalue weighted by atomic mass is 10.1. The second kappa shape index (κ2) is 5.78. The van der Waals surface area contributed by atoms with Gasteiger partial charge >= 0.3 is 5.97 Å². The SMILES string of the molecule is COC(=O)c1c2cccccc-2c2c(C)n(-c3ccc(C)cc3)cc12. The molecule has 0 saturated carbocycles. The van der Waals surface area contributed by atoms with Crippen molar-refractivity contribution in [1.29, 1.82) is 0 Å². The van der Waals surface area contributed by atoms with Crippen molar-refractivity contribution in [3.63, 3.8) is 0 Å². The molecular weight excluding hydrogens is 310 g/mol. The minimum Gasteiger partial charge on any atom is -0.465 e. The summed E-state index contributed by atoms with van der Waals surface area (Å²) in [6.07, 6.45) is 2.04. The molecule has 3 heteroatoms. The zero-order valence-corrected chi connectivity index (χ0v) is 14.5. The van der Waals surface area contributed by atoms with E-state index in [1.807, 2.05) is 30.5 Å². The van der Waals surface area contributed by atoms with Gasteiger partial charge in [-0.2, -0.15) is 0 Å². The highest BCUT2D eigenvalue weighted by Crippen LogP contribution is 2.42. The van der Waals surface area contributed by atoms with Crippen molar-refractivity contribution in [3.8, 4) is 16.8 Å². The number of carbonyl (C=O) groups is 1. The van der Waals surface area contributed by atoms with E-state index >= 15 is 0 Å². The van der Waals surface area contributed by atoms with Crippen LogP contribution in [0.15, 0.2) is 60.8 Å². The molecule has 3 nitrogen and oxygen atoms in total. The van der Waals surface area contributed by atoms with Crippen molar-refractivity contribution >= 4 is 16.7 Å². The number of benzene rings is 1. The van der Waals surface area contributed by atoms with Gasteiger partial charge in [0.1, 0.15) is 0 Å². The van der Waals surface area contributed by atoms with Gasteiger partial charge in [0.15, 0.2) is 0 Å². The number of rotatable bonds is 2. The van der Waals surface area contributed by atoms with E-state index in [9.17, 15) is 4.79 Å². The second-order valence-corrected chi connectivity index (χ2v) is 6.31. The predicted molar refractivity (Wildman–Crippen MR) is 101 cm³/mol. The van der Waals surface area contributed by atoms with Crippen LogP contribution in [0.2, 0.25) is 0 Å². The third-order valence-electron chi connectivity index (χ3n) is 4.80. The van der Waals surface area contributed by atoms with E-state index in [0.29, 0.717) is 5.56 Å². The maximum atomic E-state index is 12.5. The molecule has 2 aliphatic rings. The first-order chi connectivity index (χ1) is 12.1. The third kappa shape index (κ3) is 2.31. The maximum absolute atomic E-state index is 12.5. The van der Waals surface area contributed by atoms with E-state index in [1.54, 1.807) is 0 Å². The molecule has 0 spiro atoms. The van der Waals surface area contributed by atoms with E-state index in [4.69, 9.17) is 4.74 Å². The number of nitrogens with zero attached hydrogens (tertiary/aromatic N) is 1. The summed E-state index contributed by atoms with van der Waals surface area (Å²) in [6, 6.07) is 18.4. The molecular formula is C22H19NO2. The quantitative estimate of drug-likeness (QED) is 0.477. The Labute approximate surface area is 146 Å². The fourth-order valence-corrected chi connectivity index (χ4v) is 3.56. The Hall–Kier alpha value is -3.07. The maximum Gasteiger partial charge on any atom is 0.339 e. The van der Waals surface area contributed by atoms with Crippen LogP contribution in [0.1, 0.15) is 21.6 Å². The fraction of sp³-hybridized carbons (Fsp3) is 0.136. The highest BCUT2D eigenvalue weighted by molar-refractivity contribution is 6.19. The van der Waals surface area contributed by atoms with Gasteiger partial charge in [0.2, 0.25) is 0 Å². The molecule has 0 radical (unpaired) electrons. The normalized spacial score (nSPS) is 11.2. The molecule has 1 aromatic carbocycles. The molecule has 25 heavy (non-hydrogen) atoms. The first kappa shape index (κ1) is 15.5. The van der Waals surface area contributed by atoms with Crippen molar-refractivity contribution in [1.82, 2.24) is 4.57 Å². The van der Waals surface area contributed by atoms with Gasteiger partial charge < -0.3 is 9.30 Å². The number of hydrogen-bond donors (Lipinski definition) is 0. The van der Waals surface area contributed by atoms with Crippen molar-refractivity contribution < 1.29 is 9.53 Å². The third-order valence-corrected chi connectivity index (χ3v) is 4.80. The van der Waals surface area contributed by atoms with Crippen LogP contribution in [0, 0.1) is 13.8 Å². The van der Waals surface area contributed by atoms with Crippen molar-refractivity contribution in [2.75, 3.05) is 7.11 Å². The lowest BCUT2D eigenvalue weighted by molar-refractivity contribution is 0.0604. The van der Waals surface area contributed by atoms with Crippen LogP contribution < -0.4 is 0 Å². The zero-order valence-electron chi connectivity index (χ0n) is 14.5. The summed E-state index contributed by atoms with van der Waals surface area (Å²) in [4.78, 5) is 12.5. The van der Waals surface area contributed by atoms with Crippen LogP contribution in [0.4, 0.5) is 0 Å². The van der Waals surface area contributed by atoms with Crippen LogP contribution in [0.3, 0.4) is 0 Å². The van der Waals surface area contributed by atoms with E-state index in [-0.39, 0.29) is 5.97 Å². The summed E-state index contributed by atoms with van der Waals surface area (Å²) < 4.78 is 7.21. The Morgan fingerprint density at radius 3 is 2.28 bits per heavy atom. The number of carbonyl (C=O) groups excluding carboxylic acids is 1. The molecule has 0 N–H and O–H groups in total. The van der Waals surface area contributed by atoms with Gasteiger partial charge in [-0.15, -0.1) is 0 Å². The van der Waals surface area contributed by atoms with E-state index in [1.165, 1.54) is 12.7 Å². The lowest BCUT2D eigenvalue weighted by Gasteiger charge is -2.08. The van der Waals surface area contributed by atoms with Gasteiger partial charge in [-0.1, -0.05) is 48.0 Å². The molecule has 0 unspecified atom stereocenters. The summed E-state index contributed by atoms with van der Waals surface area (Å²) in [5, 5.41) is 2.04. The Kier molecular flexibility index (Phi) is 3.57. The molecule has 0 bridgehead atoms. The Balaban J connectivity index is 2.09. The Bertz CT molecular complexity index is 1060. The van der Waals surface area contributed by atoms with Crippen LogP contribution in [0.5, 0.6) is 0 Å². The first-order valence-electron chi connectivity index (χ1n) is 8.29. The van der Waals surface area contributed by atoms with Gasteiger partial charge in [0, 0.05) is 28.4 Å². The van der Waals surface area contributed by atoms with Crippen LogP contribution in [0.25, 0.3) is 27.6 Å². The highest BCUT2D eigenvalue weighted by Gasteiger charge is 2.26. The molecule has 4 rings (SSSR count). The number of fused-ring (bicyclic) bond motifs is 3. The van der Waals surface area contributed by atoms with E-state index < -0.39 is 0 Å². The summed E-state index contributed by atoms with van der Waals surface area (Å²) >= 11 is 0. The number of esters is 1. The monoisotopic (exact) mass is 329 g/mol. The number of hydrogen-bond acceptors (Lipinski definition) is 2. The molecule has 2 aliphatic carbocycles. The molecule has 0 saturated heterocycles. The number of aryl methyl sites for hydroxylation is 2. The van der Waals surface area contributed by atoms with Crippen molar-refractivity contribution in [3.05, 3.63) is 77.6 Å². The average molecular weight is 329 g/mol. The summed E-state index contributed by atoms with van der Waals surface area (Å²) in [5.41, 5.74) is 6.07. The van der Waals surface area contributed by atoms with Crippen LogP contribution in [-0.2, 0) is 4.74 Å². The number of aromatic nitrogens is 1. The minimum atomic E-state index is -0.299. The van der Waals surface area contributed by atoms with Gasteiger partial charge in [-0.25, -0.2) is 4.79 Å². The molecule has 124 valence electrons. The van der Waals surface area contributed by atoms with Crippen LogP contribution in [-0.4, -0.2) is 17.6 Å². The molecule has 0 fully saturated rings. The summed E-state index contributed by atoms with van der Waals surface area (Å²) in [6.45, 7) is 4.17. The molecule has 2 aromatic rings. The predicted octanol–water partition coefficient (Wildman–Crippen LogP) is 5.14. The Morgan fingerprint density at radius 2 is 1.60 bits per heavy atom. The zero-order chi connectivity index (χ0) is 17.6. The van der Waals surface area contributed by atoms with Gasteiger partial charge in [0.05, 0.1) is 12.7 Å². The number of methoxy groups -OCH3 is 1. The lowest BCUT2D eigenvalue weighted by Crippen LogP contribution is -2.01. The summed E-state index contributed by atoms with van der Waals surface area (Å²) in [7, 11) is 1.43. The van der Waals surface area contributed by atoms with Gasteiger partial charge in [-0.05, 0) is 37.1 Å². The topological polar surface area (TPSA) is 31.2 Å². The molecule has 0 amide bonds. The second-order valence-electron chi connectivity index (χ2n) is 6.31. The Morgan fingerprint density at radius 1 is 0.920 bits per heavy atom. The highest BCUT2D eigenvalue weighted by atomic mass is 16.5. The number of ether oxygens (including phenoxy) is 1. The average Bonchev–Trinajstić information content (AvgIpc) is 2.98. The van der Waals surface area contributed by atoms with Gasteiger partial charge in [0.25, 0.3) is 0 Å². The minimum absolute atomic E-state index is 0.299. The first-order valence-corrected chi connectivity index (χ1v) is 8.29. The summed E-state index contributed by atoms with van der Waals surface area (Å²) in [5.74, 6) is -0.299. The molecule has 1 aromatic heterocycles.